The number of thiazole rings is 1. The number of hydrogen-bond donors (Lipinski definition) is 1. The topological polar surface area (TPSA) is 28.2 Å². The average Bonchev–Trinajstić information content (AvgIpc) is 2.81. The van der Waals surface area contributed by atoms with Gasteiger partial charge in [0.1, 0.15) is 5.01 Å². The number of rotatable bonds is 4. The number of aromatic nitrogens is 1. The summed E-state index contributed by atoms with van der Waals surface area (Å²) in [4.78, 5) is 8.89. The van der Waals surface area contributed by atoms with Crippen molar-refractivity contribution in [2.45, 2.75) is 45.1 Å². The molecule has 5 heteroatoms. The number of piperidine rings is 1. The molecular weight excluding hydrogens is 290 g/mol. The number of aryl methyl sites for hydroxylation is 2. The van der Waals surface area contributed by atoms with E-state index in [9.17, 15) is 0 Å². The lowest BCUT2D eigenvalue weighted by Crippen LogP contribution is -2.34. The quantitative estimate of drug-likeness (QED) is 0.926. The fraction of sp³-hybridized carbons (Fsp3) is 0.800. The van der Waals surface area contributed by atoms with Crippen LogP contribution in [-0.4, -0.2) is 36.6 Å². The maximum absolute atomic E-state index is 4.85. The lowest BCUT2D eigenvalue weighted by Gasteiger charge is -2.27. The molecule has 3 nitrogen and oxygen atoms in total. The maximum atomic E-state index is 4.85. The predicted octanol–water partition coefficient (Wildman–Crippen LogP) is 2.88. The van der Waals surface area contributed by atoms with E-state index in [1.54, 1.807) is 4.88 Å². The smallest absolute Gasteiger partial charge is 0.107 e. The molecule has 20 heavy (non-hydrogen) atoms. The molecule has 0 atom stereocenters. The summed E-state index contributed by atoms with van der Waals surface area (Å²) < 4.78 is 0. The van der Waals surface area contributed by atoms with Gasteiger partial charge in [-0.2, -0.15) is 0 Å². The van der Waals surface area contributed by atoms with Crippen LogP contribution in [0.2, 0.25) is 0 Å². The summed E-state index contributed by atoms with van der Waals surface area (Å²) in [5, 5.41) is 4.78. The molecule has 0 saturated carbocycles. The average molecular weight is 316 g/mol. The number of hydrogen-bond acceptors (Lipinski definition) is 4. The molecule has 1 N–H and O–H groups in total. The summed E-state index contributed by atoms with van der Waals surface area (Å²) in [6.07, 6.45) is 7.84. The van der Waals surface area contributed by atoms with Gasteiger partial charge in [-0.25, -0.2) is 4.98 Å². The molecule has 0 bridgehead atoms. The molecule has 2 aliphatic rings. The van der Waals surface area contributed by atoms with Gasteiger partial charge in [0.05, 0.1) is 12.2 Å². The fourth-order valence-corrected chi connectivity index (χ4v) is 4.51. The lowest BCUT2D eigenvalue weighted by molar-refractivity contribution is 0.234. The van der Waals surface area contributed by atoms with E-state index in [1.807, 2.05) is 11.3 Å². The molecule has 1 aromatic heterocycles. The van der Waals surface area contributed by atoms with E-state index in [0.717, 1.165) is 12.5 Å². The van der Waals surface area contributed by atoms with Gasteiger partial charge in [-0.15, -0.1) is 23.7 Å². The minimum absolute atomic E-state index is 0. The van der Waals surface area contributed by atoms with Gasteiger partial charge >= 0.3 is 0 Å². The van der Waals surface area contributed by atoms with Gasteiger partial charge in [0.25, 0.3) is 0 Å². The monoisotopic (exact) mass is 315 g/mol. The van der Waals surface area contributed by atoms with Crippen LogP contribution in [0.25, 0.3) is 0 Å². The molecule has 1 aliphatic heterocycles. The minimum Gasteiger partial charge on any atom is -0.317 e. The van der Waals surface area contributed by atoms with Crippen LogP contribution < -0.4 is 5.32 Å². The van der Waals surface area contributed by atoms with Crippen molar-refractivity contribution < 1.29 is 0 Å². The van der Waals surface area contributed by atoms with Gasteiger partial charge in [-0.05, 0) is 64.6 Å². The van der Waals surface area contributed by atoms with E-state index < -0.39 is 0 Å². The minimum atomic E-state index is 0. The highest BCUT2D eigenvalue weighted by molar-refractivity contribution is 7.11. The van der Waals surface area contributed by atoms with Crippen LogP contribution in [0.5, 0.6) is 0 Å². The Morgan fingerprint density at radius 3 is 2.75 bits per heavy atom. The largest absolute Gasteiger partial charge is 0.317 e. The van der Waals surface area contributed by atoms with E-state index in [1.165, 1.54) is 68.9 Å². The Kier molecular flexibility index (Phi) is 6.27. The summed E-state index contributed by atoms with van der Waals surface area (Å²) in [7, 11) is 2.25. The zero-order valence-electron chi connectivity index (χ0n) is 12.4. The molecule has 0 amide bonds. The first-order chi connectivity index (χ1) is 9.31. The Bertz CT molecular complexity index is 392. The lowest BCUT2D eigenvalue weighted by atomic mass is 9.98. The van der Waals surface area contributed by atoms with E-state index in [-0.39, 0.29) is 12.4 Å². The molecule has 0 spiro atoms. The van der Waals surface area contributed by atoms with Crippen LogP contribution in [0.4, 0.5) is 0 Å². The maximum Gasteiger partial charge on any atom is 0.107 e. The Morgan fingerprint density at radius 2 is 2.00 bits per heavy atom. The third-order valence-electron chi connectivity index (χ3n) is 4.32. The molecular formula is C15H26ClN3S. The van der Waals surface area contributed by atoms with Crippen molar-refractivity contribution in [3.05, 3.63) is 15.6 Å². The second-order valence-corrected chi connectivity index (χ2v) is 7.24. The second kappa shape index (κ2) is 7.74. The highest BCUT2D eigenvalue weighted by Gasteiger charge is 2.18. The molecule has 0 radical (unpaired) electrons. The van der Waals surface area contributed by atoms with Crippen molar-refractivity contribution in [2.75, 3.05) is 26.7 Å². The van der Waals surface area contributed by atoms with Gasteiger partial charge in [0.2, 0.25) is 0 Å². The summed E-state index contributed by atoms with van der Waals surface area (Å²) in [6, 6.07) is 0. The van der Waals surface area contributed by atoms with Gasteiger partial charge in [-0.1, -0.05) is 0 Å². The van der Waals surface area contributed by atoms with Crippen molar-refractivity contribution in [1.82, 2.24) is 15.2 Å². The SMILES string of the molecule is CN(Cc1nc2c(s1)CCCC2)CC1CCNCC1.Cl. The number of fused-ring (bicyclic) bond motifs is 1. The van der Waals surface area contributed by atoms with Crippen molar-refractivity contribution in [3.63, 3.8) is 0 Å². The van der Waals surface area contributed by atoms with Gasteiger partial charge in [0.15, 0.2) is 0 Å². The Hall–Kier alpha value is -0.160. The number of halogens is 1. The second-order valence-electron chi connectivity index (χ2n) is 6.07. The zero-order chi connectivity index (χ0) is 13.1. The van der Waals surface area contributed by atoms with Crippen LogP contribution >= 0.6 is 23.7 Å². The molecule has 1 saturated heterocycles. The van der Waals surface area contributed by atoms with E-state index in [4.69, 9.17) is 4.98 Å². The van der Waals surface area contributed by atoms with E-state index in [2.05, 4.69) is 17.3 Å². The summed E-state index contributed by atoms with van der Waals surface area (Å²) in [5.41, 5.74) is 1.40. The van der Waals surface area contributed by atoms with Gasteiger partial charge in [-0.3, -0.25) is 4.90 Å². The van der Waals surface area contributed by atoms with E-state index in [0.29, 0.717) is 0 Å². The fourth-order valence-electron chi connectivity index (χ4n) is 3.27. The standard InChI is InChI=1S/C15H25N3S.ClH/c1-18(10-12-6-8-16-9-7-12)11-15-17-13-4-2-3-5-14(13)19-15;/h12,16H,2-11H2,1H3;1H. The van der Waals surface area contributed by atoms with Crippen LogP contribution in [0.1, 0.15) is 41.3 Å². The predicted molar refractivity (Wildman–Crippen MR) is 87.9 cm³/mol. The normalized spacial score (nSPS) is 19.7. The molecule has 1 fully saturated rings. The molecule has 1 aliphatic carbocycles. The summed E-state index contributed by atoms with van der Waals surface area (Å²) in [6.45, 7) is 4.67. The van der Waals surface area contributed by atoms with Crippen LogP contribution in [-0.2, 0) is 19.4 Å². The van der Waals surface area contributed by atoms with Crippen molar-refractivity contribution in [1.29, 1.82) is 0 Å². The highest BCUT2D eigenvalue weighted by atomic mass is 35.5. The van der Waals surface area contributed by atoms with Crippen molar-refractivity contribution in [3.8, 4) is 0 Å². The van der Waals surface area contributed by atoms with Crippen LogP contribution in [0.3, 0.4) is 0 Å². The van der Waals surface area contributed by atoms with Crippen LogP contribution in [0.15, 0.2) is 0 Å². The summed E-state index contributed by atoms with van der Waals surface area (Å²) >= 11 is 1.96. The van der Waals surface area contributed by atoms with Crippen LogP contribution in [0, 0.1) is 5.92 Å². The van der Waals surface area contributed by atoms with Crippen molar-refractivity contribution in [2.24, 2.45) is 5.92 Å². The van der Waals surface area contributed by atoms with E-state index >= 15 is 0 Å². The third-order valence-corrected chi connectivity index (χ3v) is 5.47. The molecule has 1 aromatic rings. The van der Waals surface area contributed by atoms with Crippen molar-refractivity contribution >= 4 is 23.7 Å². The number of nitrogens with one attached hydrogen (secondary N) is 1. The van der Waals surface area contributed by atoms with Gasteiger partial charge < -0.3 is 5.32 Å². The zero-order valence-corrected chi connectivity index (χ0v) is 14.0. The Balaban J connectivity index is 0.00000147. The third kappa shape index (κ3) is 4.17. The molecule has 114 valence electrons. The first-order valence-electron chi connectivity index (χ1n) is 7.68. The van der Waals surface area contributed by atoms with Gasteiger partial charge in [0, 0.05) is 11.4 Å². The summed E-state index contributed by atoms with van der Waals surface area (Å²) in [5.74, 6) is 0.876. The Labute approximate surface area is 132 Å². The first kappa shape index (κ1) is 16.2. The molecule has 2 heterocycles. The Morgan fingerprint density at radius 1 is 1.25 bits per heavy atom. The molecule has 0 aromatic carbocycles. The molecule has 3 rings (SSSR count). The molecule has 0 unspecified atom stereocenters. The number of nitrogens with zero attached hydrogens (tertiary/aromatic N) is 2. The first-order valence-corrected chi connectivity index (χ1v) is 8.49. The highest BCUT2D eigenvalue weighted by Crippen LogP contribution is 2.27.